The van der Waals surface area contributed by atoms with E-state index in [0.29, 0.717) is 17.9 Å². The Morgan fingerprint density at radius 1 is 1.10 bits per heavy atom. The van der Waals surface area contributed by atoms with Crippen LogP contribution in [0.1, 0.15) is 11.1 Å². The second kappa shape index (κ2) is 7.92. The molecule has 1 unspecified atom stereocenters. The van der Waals surface area contributed by atoms with E-state index in [9.17, 15) is 4.39 Å². The van der Waals surface area contributed by atoms with Crippen LogP contribution >= 0.6 is 27.5 Å². The molecule has 0 aliphatic heterocycles. The van der Waals surface area contributed by atoms with Gasteiger partial charge in [-0.3, -0.25) is 0 Å². The van der Waals surface area contributed by atoms with Crippen LogP contribution in [-0.2, 0) is 12.8 Å². The summed E-state index contributed by atoms with van der Waals surface area (Å²) >= 11 is 9.43. The van der Waals surface area contributed by atoms with Gasteiger partial charge in [-0.15, -0.1) is 0 Å². The number of halogens is 3. The largest absolute Gasteiger partial charge is 0.319 e. The first-order valence-corrected chi connectivity index (χ1v) is 8.09. The third-order valence-corrected chi connectivity index (χ3v) is 4.56. The van der Waals surface area contributed by atoms with Crippen LogP contribution in [0.3, 0.4) is 0 Å². The zero-order valence-electron chi connectivity index (χ0n) is 11.9. The van der Waals surface area contributed by atoms with E-state index in [1.54, 1.807) is 12.1 Å². The Labute approximate surface area is 138 Å². The molecule has 0 aliphatic carbocycles. The van der Waals surface area contributed by atoms with E-state index in [4.69, 9.17) is 11.6 Å². The van der Waals surface area contributed by atoms with E-state index in [1.165, 1.54) is 5.56 Å². The standard InChI is InChI=1S/C17H18BrClFN/c1-21-11-12(9-13-5-2-3-7-15(13)18)10-14-6-4-8-16(19)17(14)20/h2-8,12,21H,9-11H2,1H3. The molecule has 4 heteroatoms. The minimum Gasteiger partial charge on any atom is -0.319 e. The fourth-order valence-corrected chi connectivity index (χ4v) is 3.14. The monoisotopic (exact) mass is 369 g/mol. The molecule has 0 heterocycles. The molecule has 112 valence electrons. The maximum atomic E-state index is 14.1. The molecule has 2 aromatic rings. The van der Waals surface area contributed by atoms with Crippen LogP contribution in [0.2, 0.25) is 5.02 Å². The van der Waals surface area contributed by atoms with Gasteiger partial charge in [0.05, 0.1) is 5.02 Å². The summed E-state index contributed by atoms with van der Waals surface area (Å²) in [6.45, 7) is 0.827. The molecule has 0 saturated carbocycles. The molecular weight excluding hydrogens is 353 g/mol. The number of hydrogen-bond donors (Lipinski definition) is 1. The van der Waals surface area contributed by atoms with Crippen molar-refractivity contribution in [1.82, 2.24) is 5.32 Å². The molecule has 0 aromatic heterocycles. The van der Waals surface area contributed by atoms with Crippen molar-refractivity contribution in [3.8, 4) is 0 Å². The Kier molecular flexibility index (Phi) is 6.22. The van der Waals surface area contributed by atoms with Crippen molar-refractivity contribution in [1.29, 1.82) is 0 Å². The van der Waals surface area contributed by atoms with E-state index < -0.39 is 0 Å². The quantitative estimate of drug-likeness (QED) is 0.765. The molecule has 0 amide bonds. The van der Waals surface area contributed by atoms with Crippen LogP contribution in [0, 0.1) is 11.7 Å². The minimum absolute atomic E-state index is 0.191. The van der Waals surface area contributed by atoms with Crippen LogP contribution in [0.4, 0.5) is 4.39 Å². The second-order valence-electron chi connectivity index (χ2n) is 5.14. The summed E-state index contributed by atoms with van der Waals surface area (Å²) in [5.74, 6) is 0.00839. The van der Waals surface area contributed by atoms with Crippen molar-refractivity contribution < 1.29 is 4.39 Å². The predicted octanol–water partition coefficient (Wildman–Crippen LogP) is 4.86. The first kappa shape index (κ1) is 16.5. The maximum absolute atomic E-state index is 14.1. The van der Waals surface area contributed by atoms with Crippen LogP contribution in [0.5, 0.6) is 0 Å². The van der Waals surface area contributed by atoms with Gasteiger partial charge in [0, 0.05) is 4.47 Å². The summed E-state index contributed by atoms with van der Waals surface area (Å²) in [6, 6.07) is 13.3. The lowest BCUT2D eigenvalue weighted by Gasteiger charge is -2.18. The molecule has 0 radical (unpaired) electrons. The summed E-state index contributed by atoms with van der Waals surface area (Å²) < 4.78 is 15.2. The molecule has 2 rings (SSSR count). The molecule has 0 bridgehead atoms. The van der Waals surface area contributed by atoms with E-state index in [1.807, 2.05) is 31.3 Å². The number of benzene rings is 2. The fourth-order valence-electron chi connectivity index (χ4n) is 2.50. The van der Waals surface area contributed by atoms with Crippen molar-refractivity contribution in [2.24, 2.45) is 5.92 Å². The first-order chi connectivity index (χ1) is 10.1. The number of rotatable bonds is 6. The second-order valence-corrected chi connectivity index (χ2v) is 6.40. The van der Waals surface area contributed by atoms with Gasteiger partial charge in [0.25, 0.3) is 0 Å². The molecule has 1 atom stereocenters. The summed E-state index contributed by atoms with van der Waals surface area (Å²) in [6.07, 6.45) is 1.54. The first-order valence-electron chi connectivity index (χ1n) is 6.92. The highest BCUT2D eigenvalue weighted by Gasteiger charge is 2.15. The zero-order chi connectivity index (χ0) is 15.2. The van der Waals surface area contributed by atoms with Crippen molar-refractivity contribution in [2.45, 2.75) is 12.8 Å². The van der Waals surface area contributed by atoms with Crippen LogP contribution in [0.15, 0.2) is 46.9 Å². The van der Waals surface area contributed by atoms with E-state index in [0.717, 1.165) is 17.4 Å². The van der Waals surface area contributed by atoms with Crippen LogP contribution in [-0.4, -0.2) is 13.6 Å². The molecule has 2 aromatic carbocycles. The number of nitrogens with one attached hydrogen (secondary N) is 1. The van der Waals surface area contributed by atoms with Gasteiger partial charge >= 0.3 is 0 Å². The molecule has 0 spiro atoms. The van der Waals surface area contributed by atoms with E-state index in [-0.39, 0.29) is 10.8 Å². The molecular formula is C17H18BrClFN. The third-order valence-electron chi connectivity index (χ3n) is 3.50. The molecule has 0 saturated heterocycles. The van der Waals surface area contributed by atoms with Gasteiger partial charge < -0.3 is 5.32 Å². The van der Waals surface area contributed by atoms with Crippen LogP contribution < -0.4 is 5.32 Å². The van der Waals surface area contributed by atoms with E-state index >= 15 is 0 Å². The Balaban J connectivity index is 2.16. The molecule has 21 heavy (non-hydrogen) atoms. The highest BCUT2D eigenvalue weighted by Crippen LogP contribution is 2.24. The van der Waals surface area contributed by atoms with Crippen molar-refractivity contribution in [3.63, 3.8) is 0 Å². The Morgan fingerprint density at radius 2 is 1.76 bits per heavy atom. The van der Waals surface area contributed by atoms with Gasteiger partial charge in [-0.2, -0.15) is 0 Å². The topological polar surface area (TPSA) is 12.0 Å². The van der Waals surface area contributed by atoms with Gasteiger partial charge in [0.2, 0.25) is 0 Å². The summed E-state index contributed by atoms with van der Waals surface area (Å²) in [4.78, 5) is 0. The lowest BCUT2D eigenvalue weighted by atomic mass is 9.92. The third kappa shape index (κ3) is 4.53. The van der Waals surface area contributed by atoms with Gasteiger partial charge in [-0.05, 0) is 55.6 Å². The van der Waals surface area contributed by atoms with Gasteiger partial charge in [0.1, 0.15) is 5.82 Å². The SMILES string of the molecule is CNCC(Cc1ccccc1Br)Cc1cccc(Cl)c1F. The fraction of sp³-hybridized carbons (Fsp3) is 0.294. The van der Waals surface area contributed by atoms with Crippen molar-refractivity contribution in [3.05, 3.63) is 68.9 Å². The molecule has 1 nitrogen and oxygen atoms in total. The average molecular weight is 371 g/mol. The summed E-state index contributed by atoms with van der Waals surface area (Å²) in [5.41, 5.74) is 1.91. The van der Waals surface area contributed by atoms with Crippen molar-refractivity contribution in [2.75, 3.05) is 13.6 Å². The Hall–Kier alpha value is -0.900. The van der Waals surface area contributed by atoms with Crippen LogP contribution in [0.25, 0.3) is 0 Å². The predicted molar refractivity (Wildman–Crippen MR) is 90.4 cm³/mol. The zero-order valence-corrected chi connectivity index (χ0v) is 14.2. The number of hydrogen-bond acceptors (Lipinski definition) is 1. The van der Waals surface area contributed by atoms with Gasteiger partial charge in [-0.25, -0.2) is 4.39 Å². The van der Waals surface area contributed by atoms with Gasteiger partial charge in [-0.1, -0.05) is 57.9 Å². The highest BCUT2D eigenvalue weighted by atomic mass is 79.9. The lowest BCUT2D eigenvalue weighted by molar-refractivity contribution is 0.479. The summed E-state index contributed by atoms with van der Waals surface area (Å²) in [7, 11) is 1.92. The van der Waals surface area contributed by atoms with Crippen molar-refractivity contribution >= 4 is 27.5 Å². The Bertz CT molecular complexity index is 603. The molecule has 0 aliphatic rings. The lowest BCUT2D eigenvalue weighted by Crippen LogP contribution is -2.23. The van der Waals surface area contributed by atoms with Gasteiger partial charge in [0.15, 0.2) is 0 Å². The Morgan fingerprint density at radius 3 is 2.48 bits per heavy atom. The molecule has 0 fully saturated rings. The van der Waals surface area contributed by atoms with E-state index in [2.05, 4.69) is 27.3 Å². The maximum Gasteiger partial charge on any atom is 0.144 e. The minimum atomic E-state index is -0.299. The average Bonchev–Trinajstić information content (AvgIpc) is 2.46. The normalized spacial score (nSPS) is 12.4. The highest BCUT2D eigenvalue weighted by molar-refractivity contribution is 9.10. The molecule has 1 N–H and O–H groups in total. The smallest absolute Gasteiger partial charge is 0.144 e. The summed E-state index contributed by atoms with van der Waals surface area (Å²) in [5, 5.41) is 3.38.